The minimum atomic E-state index is -0.365. The van der Waals surface area contributed by atoms with Gasteiger partial charge in [-0.25, -0.2) is 0 Å². The van der Waals surface area contributed by atoms with Crippen molar-refractivity contribution in [1.82, 2.24) is 15.5 Å². The van der Waals surface area contributed by atoms with Gasteiger partial charge in [-0.05, 0) is 25.2 Å². The Morgan fingerprint density at radius 1 is 1.48 bits per heavy atom. The molecule has 1 saturated heterocycles. The van der Waals surface area contributed by atoms with Crippen molar-refractivity contribution in [2.24, 2.45) is 5.92 Å². The zero-order chi connectivity index (χ0) is 14.7. The molecule has 1 aliphatic heterocycles. The molecule has 2 fully saturated rings. The first kappa shape index (κ1) is 14.9. The normalized spacial score (nSPS) is 34.0. The van der Waals surface area contributed by atoms with Crippen molar-refractivity contribution in [2.45, 2.75) is 50.7 Å². The fourth-order valence-corrected chi connectivity index (χ4v) is 3.47. The number of ether oxygens (including phenoxy) is 2. The van der Waals surface area contributed by atoms with Crippen LogP contribution in [0.5, 0.6) is 0 Å². The molecule has 6 nitrogen and oxygen atoms in total. The van der Waals surface area contributed by atoms with Crippen molar-refractivity contribution in [1.29, 1.82) is 0 Å². The Balaban J connectivity index is 1.70. The van der Waals surface area contributed by atoms with E-state index in [4.69, 9.17) is 14.0 Å². The van der Waals surface area contributed by atoms with E-state index in [1.165, 1.54) is 6.42 Å². The number of nitrogens with one attached hydrogen (secondary N) is 1. The van der Waals surface area contributed by atoms with E-state index in [1.807, 2.05) is 0 Å². The number of nitrogens with zero attached hydrogens (tertiary/aromatic N) is 2. The molecule has 118 valence electrons. The van der Waals surface area contributed by atoms with E-state index in [-0.39, 0.29) is 11.6 Å². The van der Waals surface area contributed by atoms with E-state index in [1.54, 1.807) is 7.11 Å². The summed E-state index contributed by atoms with van der Waals surface area (Å²) in [6, 6.07) is 0.260. The van der Waals surface area contributed by atoms with Gasteiger partial charge in [-0.2, -0.15) is 4.98 Å². The summed E-state index contributed by atoms with van der Waals surface area (Å²) in [6.07, 6.45) is 5.04. The van der Waals surface area contributed by atoms with Gasteiger partial charge in [0.25, 0.3) is 0 Å². The Kier molecular flexibility index (Phi) is 4.57. The average molecular weight is 295 g/mol. The van der Waals surface area contributed by atoms with Gasteiger partial charge in [-0.15, -0.1) is 0 Å². The molecule has 0 radical (unpaired) electrons. The standard InChI is InChI=1S/C15H25N3O3/c1-11-4-3-5-15(9-11,19-2)14-17-13(21-18-14)8-12-10-20-7-6-16-12/h11-12,16H,3-10H2,1-2H3. The number of methoxy groups -OCH3 is 1. The van der Waals surface area contributed by atoms with Gasteiger partial charge in [0.05, 0.1) is 13.2 Å². The van der Waals surface area contributed by atoms with E-state index in [0.29, 0.717) is 30.7 Å². The Morgan fingerprint density at radius 3 is 3.10 bits per heavy atom. The Labute approximate surface area is 125 Å². The SMILES string of the molecule is COC1(c2noc(CC3COCCN3)n2)CCCC(C)C1. The average Bonchev–Trinajstić information content (AvgIpc) is 2.97. The number of morpholine rings is 1. The highest BCUT2D eigenvalue weighted by molar-refractivity contribution is 5.05. The fourth-order valence-electron chi connectivity index (χ4n) is 3.47. The predicted molar refractivity (Wildman–Crippen MR) is 76.9 cm³/mol. The minimum absolute atomic E-state index is 0.260. The van der Waals surface area contributed by atoms with E-state index in [9.17, 15) is 0 Å². The molecular formula is C15H25N3O3. The molecule has 6 heteroatoms. The molecule has 0 bridgehead atoms. The van der Waals surface area contributed by atoms with Gasteiger partial charge < -0.3 is 19.3 Å². The maximum atomic E-state index is 5.81. The second-order valence-corrected chi connectivity index (χ2v) is 6.34. The number of hydrogen-bond acceptors (Lipinski definition) is 6. The third-order valence-electron chi connectivity index (χ3n) is 4.64. The van der Waals surface area contributed by atoms with Crippen LogP contribution in [0.4, 0.5) is 0 Å². The van der Waals surface area contributed by atoms with E-state index in [2.05, 4.69) is 22.4 Å². The monoisotopic (exact) mass is 295 g/mol. The zero-order valence-electron chi connectivity index (χ0n) is 12.9. The topological polar surface area (TPSA) is 69.4 Å². The van der Waals surface area contributed by atoms with Crippen molar-refractivity contribution >= 4 is 0 Å². The number of hydrogen-bond donors (Lipinski definition) is 1. The maximum absolute atomic E-state index is 5.81. The molecule has 1 aromatic rings. The third-order valence-corrected chi connectivity index (χ3v) is 4.64. The van der Waals surface area contributed by atoms with Crippen LogP contribution < -0.4 is 5.32 Å². The maximum Gasteiger partial charge on any atom is 0.228 e. The van der Waals surface area contributed by atoms with E-state index < -0.39 is 0 Å². The summed E-state index contributed by atoms with van der Waals surface area (Å²) < 4.78 is 16.7. The van der Waals surface area contributed by atoms with Gasteiger partial charge >= 0.3 is 0 Å². The van der Waals surface area contributed by atoms with Gasteiger partial charge in [0, 0.05) is 26.1 Å². The quantitative estimate of drug-likeness (QED) is 0.911. The van der Waals surface area contributed by atoms with E-state index in [0.717, 1.165) is 32.4 Å². The van der Waals surface area contributed by atoms with Crippen molar-refractivity contribution in [2.75, 3.05) is 26.9 Å². The first-order chi connectivity index (χ1) is 10.2. The fraction of sp³-hybridized carbons (Fsp3) is 0.867. The van der Waals surface area contributed by atoms with Crippen molar-refractivity contribution in [3.8, 4) is 0 Å². The summed E-state index contributed by atoms with van der Waals surface area (Å²) in [7, 11) is 1.75. The van der Waals surface area contributed by atoms with Crippen LogP contribution in [0.1, 0.15) is 44.3 Å². The molecule has 3 rings (SSSR count). The van der Waals surface area contributed by atoms with Crippen LogP contribution in [0.2, 0.25) is 0 Å². The molecule has 2 aliphatic rings. The summed E-state index contributed by atoms with van der Waals surface area (Å²) >= 11 is 0. The molecule has 1 aliphatic carbocycles. The molecule has 21 heavy (non-hydrogen) atoms. The summed E-state index contributed by atoms with van der Waals surface area (Å²) in [5, 5.41) is 7.61. The largest absolute Gasteiger partial charge is 0.378 e. The third kappa shape index (κ3) is 3.27. The molecule has 1 N–H and O–H groups in total. The lowest BCUT2D eigenvalue weighted by Gasteiger charge is -2.36. The molecule has 1 saturated carbocycles. The summed E-state index contributed by atoms with van der Waals surface area (Å²) in [6.45, 7) is 4.61. The molecule has 0 amide bonds. The first-order valence-electron chi connectivity index (χ1n) is 7.91. The Morgan fingerprint density at radius 2 is 2.38 bits per heavy atom. The van der Waals surface area contributed by atoms with Gasteiger partial charge in [-0.3, -0.25) is 0 Å². The Bertz CT molecular complexity index is 459. The lowest BCUT2D eigenvalue weighted by atomic mass is 9.78. The van der Waals surface area contributed by atoms with Crippen molar-refractivity contribution in [3.63, 3.8) is 0 Å². The number of rotatable bonds is 4. The Hall–Kier alpha value is -0.980. The van der Waals surface area contributed by atoms with Crippen LogP contribution in [0.25, 0.3) is 0 Å². The van der Waals surface area contributed by atoms with Gasteiger partial charge in [0.2, 0.25) is 11.7 Å². The van der Waals surface area contributed by atoms with E-state index >= 15 is 0 Å². The van der Waals surface area contributed by atoms with Crippen LogP contribution in [0.3, 0.4) is 0 Å². The summed E-state index contributed by atoms with van der Waals surface area (Å²) in [5.41, 5.74) is -0.365. The second kappa shape index (κ2) is 6.42. The van der Waals surface area contributed by atoms with Crippen LogP contribution in [0.15, 0.2) is 4.52 Å². The van der Waals surface area contributed by atoms with Crippen molar-refractivity contribution in [3.05, 3.63) is 11.7 Å². The second-order valence-electron chi connectivity index (χ2n) is 6.34. The summed E-state index contributed by atoms with van der Waals surface area (Å²) in [5.74, 6) is 2.01. The first-order valence-corrected chi connectivity index (χ1v) is 7.91. The smallest absolute Gasteiger partial charge is 0.228 e. The van der Waals surface area contributed by atoms with Crippen LogP contribution in [-0.2, 0) is 21.5 Å². The highest BCUT2D eigenvalue weighted by Gasteiger charge is 2.41. The van der Waals surface area contributed by atoms with Gasteiger partial charge in [-0.1, -0.05) is 18.5 Å². The molecule has 3 atom stereocenters. The number of aromatic nitrogens is 2. The van der Waals surface area contributed by atoms with Crippen LogP contribution in [-0.4, -0.2) is 43.1 Å². The van der Waals surface area contributed by atoms with Crippen molar-refractivity contribution < 1.29 is 14.0 Å². The molecular weight excluding hydrogens is 270 g/mol. The highest BCUT2D eigenvalue weighted by Crippen LogP contribution is 2.41. The molecule has 3 unspecified atom stereocenters. The highest BCUT2D eigenvalue weighted by atomic mass is 16.5. The summed E-state index contributed by atoms with van der Waals surface area (Å²) in [4.78, 5) is 4.61. The molecule has 1 aromatic heterocycles. The van der Waals surface area contributed by atoms with Gasteiger partial charge in [0.1, 0.15) is 5.60 Å². The van der Waals surface area contributed by atoms with Crippen LogP contribution in [0, 0.1) is 5.92 Å². The van der Waals surface area contributed by atoms with Gasteiger partial charge in [0.15, 0.2) is 0 Å². The molecule has 0 spiro atoms. The lowest BCUT2D eigenvalue weighted by Crippen LogP contribution is -2.42. The predicted octanol–water partition coefficient (Wildman–Crippen LogP) is 1.65. The molecule has 2 heterocycles. The lowest BCUT2D eigenvalue weighted by molar-refractivity contribution is -0.0658. The minimum Gasteiger partial charge on any atom is -0.378 e. The zero-order valence-corrected chi connectivity index (χ0v) is 12.9. The van der Waals surface area contributed by atoms with Crippen LogP contribution >= 0.6 is 0 Å². The molecule has 0 aromatic carbocycles.